The van der Waals surface area contributed by atoms with Gasteiger partial charge in [-0.3, -0.25) is 4.98 Å². The second kappa shape index (κ2) is 4.53. The van der Waals surface area contributed by atoms with Crippen LogP contribution in [0.15, 0.2) is 42.9 Å². The van der Waals surface area contributed by atoms with Crippen molar-refractivity contribution in [1.29, 1.82) is 0 Å². The Morgan fingerprint density at radius 3 is 2.88 bits per heavy atom. The zero-order valence-corrected chi connectivity index (χ0v) is 8.34. The number of rotatable bonds is 2. The predicted octanol–water partition coefficient (Wildman–Crippen LogP) is 2.67. The smallest absolute Gasteiger partial charge is 0.213 e. The minimum atomic E-state index is -0.576. The molecule has 80 valence electrons. The molecule has 0 amide bonds. The SMILES string of the molecule is O/C(=C/c1ccnc(F)c1)c1cccnc1. The minimum absolute atomic E-state index is 0.0405. The van der Waals surface area contributed by atoms with E-state index in [9.17, 15) is 9.50 Å². The van der Waals surface area contributed by atoms with Crippen molar-refractivity contribution in [2.24, 2.45) is 0 Å². The molecule has 2 aromatic rings. The van der Waals surface area contributed by atoms with Crippen molar-refractivity contribution in [3.8, 4) is 0 Å². The summed E-state index contributed by atoms with van der Waals surface area (Å²) in [5.74, 6) is -0.536. The highest BCUT2D eigenvalue weighted by Gasteiger charge is 1.99. The van der Waals surface area contributed by atoms with E-state index in [1.165, 1.54) is 24.5 Å². The number of aromatic nitrogens is 2. The maximum absolute atomic E-state index is 12.8. The van der Waals surface area contributed by atoms with Crippen LogP contribution in [0.3, 0.4) is 0 Å². The molecule has 0 aliphatic carbocycles. The minimum Gasteiger partial charge on any atom is -0.507 e. The summed E-state index contributed by atoms with van der Waals surface area (Å²) in [4.78, 5) is 7.31. The lowest BCUT2D eigenvalue weighted by molar-refractivity contribution is 0.515. The summed E-state index contributed by atoms with van der Waals surface area (Å²) in [6.45, 7) is 0. The lowest BCUT2D eigenvalue weighted by Gasteiger charge is -1.99. The molecule has 0 aliphatic rings. The molecule has 0 fully saturated rings. The van der Waals surface area contributed by atoms with Crippen LogP contribution in [0.4, 0.5) is 4.39 Å². The fraction of sp³-hybridized carbons (Fsp3) is 0. The van der Waals surface area contributed by atoms with Crippen LogP contribution in [0.1, 0.15) is 11.1 Å². The fourth-order valence-electron chi connectivity index (χ4n) is 1.26. The molecule has 0 aromatic carbocycles. The van der Waals surface area contributed by atoms with E-state index in [0.717, 1.165) is 0 Å². The monoisotopic (exact) mass is 216 g/mol. The highest BCUT2D eigenvalue weighted by molar-refractivity contribution is 5.75. The molecule has 0 aliphatic heterocycles. The average molecular weight is 216 g/mol. The number of hydrogen-bond acceptors (Lipinski definition) is 3. The van der Waals surface area contributed by atoms with E-state index in [-0.39, 0.29) is 5.76 Å². The molecular formula is C12H9FN2O. The van der Waals surface area contributed by atoms with Crippen LogP contribution in [-0.2, 0) is 0 Å². The zero-order chi connectivity index (χ0) is 11.4. The Kier molecular flexibility index (Phi) is 2.91. The Balaban J connectivity index is 2.32. The third-order valence-corrected chi connectivity index (χ3v) is 2.01. The molecule has 2 heterocycles. The predicted molar refractivity (Wildman–Crippen MR) is 58.9 cm³/mol. The van der Waals surface area contributed by atoms with Gasteiger partial charge in [-0.15, -0.1) is 0 Å². The first-order chi connectivity index (χ1) is 7.75. The quantitative estimate of drug-likeness (QED) is 0.620. The molecule has 0 bridgehead atoms. The normalized spacial score (nSPS) is 11.4. The molecule has 0 saturated carbocycles. The third kappa shape index (κ3) is 2.42. The molecule has 2 aromatic heterocycles. The molecule has 0 spiro atoms. The van der Waals surface area contributed by atoms with Crippen LogP contribution in [0.2, 0.25) is 0 Å². The summed E-state index contributed by atoms with van der Waals surface area (Å²) in [5.41, 5.74) is 1.13. The van der Waals surface area contributed by atoms with Crippen molar-refractivity contribution in [3.05, 3.63) is 59.9 Å². The van der Waals surface area contributed by atoms with E-state index in [2.05, 4.69) is 9.97 Å². The van der Waals surface area contributed by atoms with Crippen LogP contribution in [0, 0.1) is 5.95 Å². The number of pyridine rings is 2. The Bertz CT molecular complexity index is 511. The lowest BCUT2D eigenvalue weighted by atomic mass is 10.1. The van der Waals surface area contributed by atoms with Gasteiger partial charge < -0.3 is 5.11 Å². The van der Waals surface area contributed by atoms with Crippen LogP contribution in [0.5, 0.6) is 0 Å². The third-order valence-electron chi connectivity index (χ3n) is 2.01. The van der Waals surface area contributed by atoms with Crippen molar-refractivity contribution in [3.63, 3.8) is 0 Å². The Morgan fingerprint density at radius 2 is 2.19 bits per heavy atom. The van der Waals surface area contributed by atoms with Crippen molar-refractivity contribution in [1.82, 2.24) is 9.97 Å². The van der Waals surface area contributed by atoms with Crippen LogP contribution >= 0.6 is 0 Å². The van der Waals surface area contributed by atoms with Crippen molar-refractivity contribution >= 4 is 11.8 Å². The van der Waals surface area contributed by atoms with Gasteiger partial charge in [0.15, 0.2) is 0 Å². The highest BCUT2D eigenvalue weighted by Crippen LogP contribution is 2.14. The summed E-state index contributed by atoms with van der Waals surface area (Å²) < 4.78 is 12.8. The van der Waals surface area contributed by atoms with Crippen molar-refractivity contribution in [2.75, 3.05) is 0 Å². The first kappa shape index (κ1) is 10.3. The molecule has 0 unspecified atom stereocenters. The molecule has 2 rings (SSSR count). The van der Waals surface area contributed by atoms with Crippen LogP contribution in [0.25, 0.3) is 11.8 Å². The van der Waals surface area contributed by atoms with Gasteiger partial charge in [0.2, 0.25) is 5.95 Å². The molecule has 3 nitrogen and oxygen atoms in total. The van der Waals surface area contributed by atoms with Gasteiger partial charge in [0.25, 0.3) is 0 Å². The number of nitrogens with zero attached hydrogens (tertiary/aromatic N) is 2. The van der Waals surface area contributed by atoms with Crippen molar-refractivity contribution in [2.45, 2.75) is 0 Å². The first-order valence-corrected chi connectivity index (χ1v) is 4.68. The summed E-state index contributed by atoms with van der Waals surface area (Å²) in [6, 6.07) is 6.28. The summed E-state index contributed by atoms with van der Waals surface area (Å²) in [6.07, 6.45) is 5.95. The number of halogens is 1. The summed E-state index contributed by atoms with van der Waals surface area (Å²) in [5, 5.41) is 9.74. The average Bonchev–Trinajstić information content (AvgIpc) is 2.30. The maximum atomic E-state index is 12.8. The molecule has 0 saturated heterocycles. The second-order valence-electron chi connectivity index (χ2n) is 3.18. The first-order valence-electron chi connectivity index (χ1n) is 4.68. The van der Waals surface area contributed by atoms with E-state index >= 15 is 0 Å². The van der Waals surface area contributed by atoms with Gasteiger partial charge in [-0.05, 0) is 29.8 Å². The Hall–Kier alpha value is -2.23. The number of aliphatic hydroxyl groups is 1. The summed E-state index contributed by atoms with van der Waals surface area (Å²) >= 11 is 0. The summed E-state index contributed by atoms with van der Waals surface area (Å²) in [7, 11) is 0. The molecule has 4 heteroatoms. The molecule has 1 N–H and O–H groups in total. The topological polar surface area (TPSA) is 46.0 Å². The molecular weight excluding hydrogens is 207 g/mol. The van der Waals surface area contributed by atoms with E-state index in [4.69, 9.17) is 0 Å². The van der Waals surface area contributed by atoms with Gasteiger partial charge in [0.1, 0.15) is 5.76 Å². The van der Waals surface area contributed by atoms with Crippen molar-refractivity contribution < 1.29 is 9.50 Å². The van der Waals surface area contributed by atoms with Gasteiger partial charge in [-0.25, -0.2) is 4.98 Å². The van der Waals surface area contributed by atoms with Gasteiger partial charge in [0, 0.05) is 30.2 Å². The van der Waals surface area contributed by atoms with Crippen LogP contribution < -0.4 is 0 Å². The second-order valence-corrected chi connectivity index (χ2v) is 3.18. The molecule has 0 radical (unpaired) electrons. The van der Waals surface area contributed by atoms with E-state index in [1.54, 1.807) is 24.4 Å². The number of aliphatic hydroxyl groups excluding tert-OH is 1. The van der Waals surface area contributed by atoms with E-state index in [1.807, 2.05) is 0 Å². The zero-order valence-electron chi connectivity index (χ0n) is 8.34. The van der Waals surface area contributed by atoms with Crippen LogP contribution in [-0.4, -0.2) is 15.1 Å². The van der Waals surface area contributed by atoms with E-state index in [0.29, 0.717) is 11.1 Å². The van der Waals surface area contributed by atoms with Gasteiger partial charge in [0.05, 0.1) is 0 Å². The lowest BCUT2D eigenvalue weighted by Crippen LogP contribution is -1.86. The van der Waals surface area contributed by atoms with Gasteiger partial charge in [-0.2, -0.15) is 4.39 Å². The molecule has 16 heavy (non-hydrogen) atoms. The standard InChI is InChI=1S/C12H9FN2O/c13-12-7-9(3-5-15-12)6-11(16)10-2-1-4-14-8-10/h1-8,16H/b11-6+. The Labute approximate surface area is 91.9 Å². The highest BCUT2D eigenvalue weighted by atomic mass is 19.1. The van der Waals surface area contributed by atoms with E-state index < -0.39 is 5.95 Å². The largest absolute Gasteiger partial charge is 0.507 e. The fourth-order valence-corrected chi connectivity index (χ4v) is 1.26. The Morgan fingerprint density at radius 1 is 1.31 bits per heavy atom. The van der Waals surface area contributed by atoms with Gasteiger partial charge in [-0.1, -0.05) is 0 Å². The van der Waals surface area contributed by atoms with Gasteiger partial charge >= 0.3 is 0 Å². The molecule has 0 atom stereocenters. The maximum Gasteiger partial charge on any atom is 0.213 e. The number of hydrogen-bond donors (Lipinski definition) is 1.